The molecular weight excluding hydrogens is 262 g/mol. The van der Waals surface area contributed by atoms with Gasteiger partial charge in [-0.1, -0.05) is 11.6 Å². The predicted octanol–water partition coefficient (Wildman–Crippen LogP) is 3.12. The largest absolute Gasteiger partial charge is 0.322 e. The van der Waals surface area contributed by atoms with Crippen molar-refractivity contribution in [1.82, 2.24) is 0 Å². The van der Waals surface area contributed by atoms with Gasteiger partial charge >= 0.3 is 0 Å². The first kappa shape index (κ1) is 14.3. The van der Waals surface area contributed by atoms with E-state index in [4.69, 9.17) is 11.6 Å². The SMILES string of the molecule is C/N=C\C(Cl)=C(C)C(=O)Nc1cc(F)cc(F)c1. The average Bonchev–Trinajstić information content (AvgIpc) is 2.26. The summed E-state index contributed by atoms with van der Waals surface area (Å²) >= 11 is 5.78. The molecule has 0 radical (unpaired) electrons. The van der Waals surface area contributed by atoms with Crippen LogP contribution in [-0.4, -0.2) is 19.2 Å². The molecule has 0 unspecified atom stereocenters. The fourth-order valence-corrected chi connectivity index (χ4v) is 1.35. The van der Waals surface area contributed by atoms with Gasteiger partial charge in [0, 0.05) is 30.6 Å². The number of nitrogens with zero attached hydrogens (tertiary/aromatic N) is 1. The third kappa shape index (κ3) is 3.92. The zero-order valence-corrected chi connectivity index (χ0v) is 10.6. The van der Waals surface area contributed by atoms with Crippen LogP contribution in [0.15, 0.2) is 33.8 Å². The van der Waals surface area contributed by atoms with Gasteiger partial charge < -0.3 is 5.32 Å². The summed E-state index contributed by atoms with van der Waals surface area (Å²) in [5.74, 6) is -2.09. The van der Waals surface area contributed by atoms with Crippen molar-refractivity contribution in [3.63, 3.8) is 0 Å². The number of amides is 1. The lowest BCUT2D eigenvalue weighted by atomic mass is 10.2. The van der Waals surface area contributed by atoms with E-state index in [9.17, 15) is 13.6 Å². The van der Waals surface area contributed by atoms with Gasteiger partial charge in [0.05, 0.1) is 5.03 Å². The maximum Gasteiger partial charge on any atom is 0.252 e. The highest BCUT2D eigenvalue weighted by Gasteiger charge is 2.10. The number of carbonyl (C=O) groups excluding carboxylic acids is 1. The van der Waals surface area contributed by atoms with E-state index < -0.39 is 17.5 Å². The van der Waals surface area contributed by atoms with Crippen molar-refractivity contribution in [2.45, 2.75) is 6.92 Å². The maximum atomic E-state index is 12.9. The Labute approximate surface area is 108 Å². The Morgan fingerprint density at radius 2 is 1.89 bits per heavy atom. The van der Waals surface area contributed by atoms with E-state index in [1.54, 1.807) is 0 Å². The third-order valence-electron chi connectivity index (χ3n) is 2.06. The quantitative estimate of drug-likeness (QED) is 0.667. The standard InChI is InChI=1S/C12H11ClF2N2O/c1-7(11(13)6-16-2)12(18)17-10-4-8(14)3-9(15)5-10/h3-6H,1-2H3,(H,17,18)/b11-7?,16-6-. The van der Waals surface area contributed by atoms with Gasteiger partial charge in [0.25, 0.3) is 5.91 Å². The minimum Gasteiger partial charge on any atom is -0.322 e. The van der Waals surface area contributed by atoms with Crippen molar-refractivity contribution >= 4 is 29.4 Å². The van der Waals surface area contributed by atoms with Gasteiger partial charge in [-0.3, -0.25) is 9.79 Å². The summed E-state index contributed by atoms with van der Waals surface area (Å²) in [6.45, 7) is 1.48. The molecule has 0 heterocycles. The topological polar surface area (TPSA) is 41.5 Å². The molecule has 3 nitrogen and oxygen atoms in total. The van der Waals surface area contributed by atoms with Gasteiger partial charge in [-0.2, -0.15) is 0 Å². The van der Waals surface area contributed by atoms with Crippen LogP contribution in [0.5, 0.6) is 0 Å². The second kappa shape index (κ2) is 6.26. The van der Waals surface area contributed by atoms with Crippen LogP contribution in [0.1, 0.15) is 6.92 Å². The van der Waals surface area contributed by atoms with Gasteiger partial charge in [-0.05, 0) is 19.1 Å². The minimum atomic E-state index is -0.770. The molecule has 0 spiro atoms. The molecule has 0 bridgehead atoms. The normalized spacial score (nSPS) is 12.5. The van der Waals surface area contributed by atoms with Crippen LogP contribution in [0.4, 0.5) is 14.5 Å². The number of anilines is 1. The number of nitrogens with one attached hydrogen (secondary N) is 1. The Morgan fingerprint density at radius 1 is 1.33 bits per heavy atom. The molecule has 0 aliphatic carbocycles. The summed E-state index contributed by atoms with van der Waals surface area (Å²) in [7, 11) is 1.51. The van der Waals surface area contributed by atoms with Gasteiger partial charge in [-0.15, -0.1) is 0 Å². The van der Waals surface area contributed by atoms with Crippen LogP contribution in [0.2, 0.25) is 0 Å². The Morgan fingerprint density at radius 3 is 2.39 bits per heavy atom. The third-order valence-corrected chi connectivity index (χ3v) is 2.44. The molecule has 1 rings (SSSR count). The van der Waals surface area contributed by atoms with Crippen molar-refractivity contribution in [3.05, 3.63) is 40.4 Å². The summed E-state index contributed by atoms with van der Waals surface area (Å²) in [4.78, 5) is 15.4. The lowest BCUT2D eigenvalue weighted by Gasteiger charge is -2.06. The molecular formula is C12H11ClF2N2O. The highest BCUT2D eigenvalue weighted by molar-refractivity contribution is 6.41. The lowest BCUT2D eigenvalue weighted by Crippen LogP contribution is -2.14. The van der Waals surface area contributed by atoms with E-state index in [1.165, 1.54) is 20.2 Å². The van der Waals surface area contributed by atoms with Crippen LogP contribution >= 0.6 is 11.6 Å². The highest BCUT2D eigenvalue weighted by Crippen LogP contribution is 2.15. The lowest BCUT2D eigenvalue weighted by molar-refractivity contribution is -0.112. The fourth-order valence-electron chi connectivity index (χ4n) is 1.17. The van der Waals surface area contributed by atoms with E-state index >= 15 is 0 Å². The summed E-state index contributed by atoms with van der Waals surface area (Å²) < 4.78 is 25.8. The minimum absolute atomic E-state index is 0.0229. The molecule has 0 atom stereocenters. The van der Waals surface area contributed by atoms with Crippen molar-refractivity contribution in [2.24, 2.45) is 4.99 Å². The molecule has 0 aliphatic heterocycles. The van der Waals surface area contributed by atoms with E-state index in [2.05, 4.69) is 10.3 Å². The molecule has 1 aromatic carbocycles. The van der Waals surface area contributed by atoms with Gasteiger partial charge in [0.15, 0.2) is 0 Å². The van der Waals surface area contributed by atoms with Crippen LogP contribution in [-0.2, 0) is 4.79 Å². The van der Waals surface area contributed by atoms with Crippen molar-refractivity contribution < 1.29 is 13.6 Å². The number of aliphatic imine (C=N–C) groups is 1. The van der Waals surface area contributed by atoms with E-state index in [0.717, 1.165) is 18.2 Å². The molecule has 0 fully saturated rings. The zero-order valence-electron chi connectivity index (χ0n) is 9.80. The highest BCUT2D eigenvalue weighted by atomic mass is 35.5. The fraction of sp³-hybridized carbons (Fsp3) is 0.167. The number of allylic oxidation sites excluding steroid dienone is 1. The molecule has 1 amide bonds. The number of hydrogen-bond acceptors (Lipinski definition) is 2. The van der Waals surface area contributed by atoms with Crippen LogP contribution < -0.4 is 5.32 Å². The number of rotatable bonds is 3. The first-order chi connectivity index (χ1) is 8.43. The monoisotopic (exact) mass is 272 g/mol. The Kier molecular flexibility index (Phi) is 4.97. The molecule has 0 aromatic heterocycles. The summed E-state index contributed by atoms with van der Waals surface area (Å²) in [5.41, 5.74) is 0.224. The summed E-state index contributed by atoms with van der Waals surface area (Å²) in [5, 5.41) is 2.50. The summed E-state index contributed by atoms with van der Waals surface area (Å²) in [6.07, 6.45) is 1.31. The molecule has 6 heteroatoms. The number of halogens is 3. The number of carbonyl (C=O) groups is 1. The van der Waals surface area contributed by atoms with Gasteiger partial charge in [-0.25, -0.2) is 8.78 Å². The van der Waals surface area contributed by atoms with Gasteiger partial charge in [0.2, 0.25) is 0 Å². The smallest absolute Gasteiger partial charge is 0.252 e. The average molecular weight is 273 g/mol. The van der Waals surface area contributed by atoms with Gasteiger partial charge in [0.1, 0.15) is 11.6 Å². The number of hydrogen-bond donors (Lipinski definition) is 1. The van der Waals surface area contributed by atoms with Crippen LogP contribution in [0, 0.1) is 11.6 Å². The van der Waals surface area contributed by atoms with Crippen molar-refractivity contribution in [2.75, 3.05) is 12.4 Å². The molecule has 0 aliphatic rings. The molecule has 0 saturated carbocycles. The first-order valence-corrected chi connectivity index (χ1v) is 5.38. The Hall–Kier alpha value is -1.75. The maximum absolute atomic E-state index is 12.9. The second-order valence-corrected chi connectivity index (χ2v) is 3.88. The molecule has 18 heavy (non-hydrogen) atoms. The number of benzene rings is 1. The van der Waals surface area contributed by atoms with E-state index in [1.807, 2.05) is 0 Å². The van der Waals surface area contributed by atoms with E-state index in [-0.39, 0.29) is 16.3 Å². The molecule has 1 aromatic rings. The predicted molar refractivity (Wildman–Crippen MR) is 68.0 cm³/mol. The summed E-state index contributed by atoms with van der Waals surface area (Å²) in [6, 6.07) is 2.74. The first-order valence-electron chi connectivity index (χ1n) is 5.00. The molecule has 96 valence electrons. The Bertz CT molecular complexity index is 507. The molecule has 1 N–H and O–H groups in total. The van der Waals surface area contributed by atoms with Crippen LogP contribution in [0.3, 0.4) is 0 Å². The second-order valence-electron chi connectivity index (χ2n) is 3.47. The van der Waals surface area contributed by atoms with Crippen LogP contribution in [0.25, 0.3) is 0 Å². The van der Waals surface area contributed by atoms with Crippen molar-refractivity contribution in [1.29, 1.82) is 0 Å². The molecule has 0 saturated heterocycles. The van der Waals surface area contributed by atoms with E-state index in [0.29, 0.717) is 0 Å². The van der Waals surface area contributed by atoms with Crippen molar-refractivity contribution in [3.8, 4) is 0 Å². The zero-order chi connectivity index (χ0) is 13.7. The Balaban J connectivity index is 2.91.